The lowest BCUT2D eigenvalue weighted by Crippen LogP contribution is -2.28. The topological polar surface area (TPSA) is 95.5 Å². The molecule has 0 heterocycles. The van der Waals surface area contributed by atoms with E-state index < -0.39 is 16.0 Å². The summed E-state index contributed by atoms with van der Waals surface area (Å²) in [5.74, 6) is -0.994. The highest BCUT2D eigenvalue weighted by atomic mass is 32.2. The molecule has 0 radical (unpaired) electrons. The fourth-order valence-corrected chi connectivity index (χ4v) is 2.96. The average molecular weight is 328 g/mol. The van der Waals surface area contributed by atoms with Crippen LogP contribution in [0, 0.1) is 5.92 Å². The summed E-state index contributed by atoms with van der Waals surface area (Å²) in [5, 5.41) is 12.4. The highest BCUT2D eigenvalue weighted by Crippen LogP contribution is 2.22. The largest absolute Gasteiger partial charge is 0.478 e. The fraction of sp³-hybridized carbons (Fsp3) is 0.533. The average Bonchev–Trinajstić information content (AvgIpc) is 2.45. The van der Waals surface area contributed by atoms with Crippen LogP contribution in [0.2, 0.25) is 0 Å². The van der Waals surface area contributed by atoms with E-state index in [0.29, 0.717) is 12.2 Å². The van der Waals surface area contributed by atoms with Crippen molar-refractivity contribution in [2.45, 2.75) is 45.1 Å². The molecule has 0 aliphatic heterocycles. The van der Waals surface area contributed by atoms with Gasteiger partial charge in [0.1, 0.15) is 0 Å². The predicted molar refractivity (Wildman–Crippen MR) is 86.8 cm³/mol. The molecule has 0 aliphatic carbocycles. The molecule has 0 aromatic heterocycles. The molecule has 0 unspecified atom stereocenters. The first-order valence-electron chi connectivity index (χ1n) is 7.31. The third-order valence-corrected chi connectivity index (χ3v) is 4.65. The van der Waals surface area contributed by atoms with E-state index in [1.54, 1.807) is 0 Å². The summed E-state index contributed by atoms with van der Waals surface area (Å²) in [5.41, 5.74) is 0.373. The number of sulfonamides is 1. The Bertz CT molecular complexity index is 626. The van der Waals surface area contributed by atoms with Crippen molar-refractivity contribution in [3.05, 3.63) is 23.8 Å². The molecular formula is C15H24N2O4S. The molecule has 0 amide bonds. The number of carboxylic acid groups (broad SMARTS) is 1. The van der Waals surface area contributed by atoms with Gasteiger partial charge in [0.05, 0.1) is 10.5 Å². The summed E-state index contributed by atoms with van der Waals surface area (Å²) in [7, 11) is -3.70. The molecule has 124 valence electrons. The lowest BCUT2D eigenvalue weighted by Gasteiger charge is -2.16. The number of benzene rings is 1. The van der Waals surface area contributed by atoms with E-state index in [2.05, 4.69) is 10.0 Å². The van der Waals surface area contributed by atoms with Crippen molar-refractivity contribution in [3.8, 4) is 0 Å². The summed E-state index contributed by atoms with van der Waals surface area (Å²) in [6, 6.07) is 4.20. The van der Waals surface area contributed by atoms with Gasteiger partial charge in [0.15, 0.2) is 0 Å². The molecule has 6 nitrogen and oxygen atoms in total. The van der Waals surface area contributed by atoms with Gasteiger partial charge in [0, 0.05) is 18.3 Å². The first kappa shape index (κ1) is 18.4. The number of anilines is 1. The van der Waals surface area contributed by atoms with Crippen LogP contribution in [0.5, 0.6) is 0 Å². The normalized spacial score (nSPS) is 13.1. The van der Waals surface area contributed by atoms with Gasteiger partial charge in [-0.15, -0.1) is 0 Å². The first-order chi connectivity index (χ1) is 10.2. The van der Waals surface area contributed by atoms with E-state index in [9.17, 15) is 18.3 Å². The third kappa shape index (κ3) is 4.99. The highest BCUT2D eigenvalue weighted by molar-refractivity contribution is 7.89. The summed E-state index contributed by atoms with van der Waals surface area (Å²) < 4.78 is 26.8. The number of nitrogens with one attached hydrogen (secondary N) is 2. The zero-order valence-corrected chi connectivity index (χ0v) is 14.2. The van der Waals surface area contributed by atoms with Crippen molar-refractivity contribution >= 4 is 21.7 Å². The number of hydrogen-bond donors (Lipinski definition) is 3. The zero-order chi connectivity index (χ0) is 16.9. The van der Waals surface area contributed by atoms with Gasteiger partial charge >= 0.3 is 5.97 Å². The van der Waals surface area contributed by atoms with Gasteiger partial charge in [-0.2, -0.15) is 0 Å². The molecule has 0 bridgehead atoms. The Labute approximate surface area is 132 Å². The van der Waals surface area contributed by atoms with Crippen molar-refractivity contribution in [3.63, 3.8) is 0 Å². The molecule has 22 heavy (non-hydrogen) atoms. The summed E-state index contributed by atoms with van der Waals surface area (Å²) in [6.07, 6.45) is 0.828. The Morgan fingerprint density at radius 1 is 1.27 bits per heavy atom. The van der Waals surface area contributed by atoms with Gasteiger partial charge in [-0.05, 0) is 37.5 Å². The number of hydrogen-bond acceptors (Lipinski definition) is 4. The molecule has 0 saturated carbocycles. The van der Waals surface area contributed by atoms with E-state index in [1.165, 1.54) is 18.2 Å². The van der Waals surface area contributed by atoms with Crippen LogP contribution in [-0.2, 0) is 10.0 Å². The molecule has 1 aromatic rings. The van der Waals surface area contributed by atoms with Gasteiger partial charge in [-0.3, -0.25) is 0 Å². The van der Waals surface area contributed by atoms with E-state index in [-0.39, 0.29) is 22.4 Å². The van der Waals surface area contributed by atoms with Crippen molar-refractivity contribution < 1.29 is 18.3 Å². The quantitative estimate of drug-likeness (QED) is 0.681. The molecule has 0 saturated heterocycles. The molecule has 7 heteroatoms. The number of aromatic carboxylic acids is 1. The second-order valence-corrected chi connectivity index (χ2v) is 7.48. The Hall–Kier alpha value is -1.60. The van der Waals surface area contributed by atoms with Gasteiger partial charge in [0.25, 0.3) is 0 Å². The first-order valence-corrected chi connectivity index (χ1v) is 8.79. The third-order valence-electron chi connectivity index (χ3n) is 3.23. The standard InChI is InChI=1S/C15H24N2O4S/c1-5-11(4)17-14-7-6-12(8-13(14)15(18)19)22(20,21)16-9-10(2)3/h6-8,10-11,16-17H,5,9H2,1-4H3,(H,18,19)/t11-/m1/s1. The molecule has 1 rings (SSSR count). The molecule has 3 N–H and O–H groups in total. The minimum Gasteiger partial charge on any atom is -0.478 e. The van der Waals surface area contributed by atoms with Gasteiger partial charge in [-0.1, -0.05) is 20.8 Å². The monoisotopic (exact) mass is 328 g/mol. The Morgan fingerprint density at radius 3 is 2.41 bits per heavy atom. The van der Waals surface area contributed by atoms with Crippen LogP contribution in [0.4, 0.5) is 5.69 Å². The maximum atomic E-state index is 12.2. The van der Waals surface area contributed by atoms with Gasteiger partial charge in [0.2, 0.25) is 10.0 Å². The summed E-state index contributed by atoms with van der Waals surface area (Å²) in [6.45, 7) is 8.00. The molecule has 0 spiro atoms. The summed E-state index contributed by atoms with van der Waals surface area (Å²) in [4.78, 5) is 11.3. The second kappa shape index (κ2) is 7.60. The molecule has 0 aliphatic rings. The van der Waals surface area contributed by atoms with Crippen molar-refractivity contribution in [2.75, 3.05) is 11.9 Å². The van der Waals surface area contributed by atoms with Crippen molar-refractivity contribution in [2.24, 2.45) is 5.92 Å². The number of carbonyl (C=O) groups is 1. The minimum absolute atomic E-state index is 0.0414. The number of rotatable bonds is 8. The van der Waals surface area contributed by atoms with Crippen molar-refractivity contribution in [1.29, 1.82) is 0 Å². The molecule has 1 aromatic carbocycles. The Kier molecular flexibility index (Phi) is 6.37. The Morgan fingerprint density at radius 2 is 1.91 bits per heavy atom. The van der Waals surface area contributed by atoms with Gasteiger partial charge < -0.3 is 10.4 Å². The zero-order valence-electron chi connectivity index (χ0n) is 13.4. The molecule has 1 atom stereocenters. The SMILES string of the molecule is CC[C@@H](C)Nc1ccc(S(=O)(=O)NCC(C)C)cc1C(=O)O. The Balaban J connectivity index is 3.14. The van der Waals surface area contributed by atoms with Crippen LogP contribution in [0.15, 0.2) is 23.1 Å². The lowest BCUT2D eigenvalue weighted by atomic mass is 10.1. The predicted octanol–water partition coefficient (Wildman–Crippen LogP) is 2.53. The van der Waals surface area contributed by atoms with E-state index in [0.717, 1.165) is 6.42 Å². The van der Waals surface area contributed by atoms with Crippen LogP contribution in [-0.4, -0.2) is 32.1 Å². The van der Waals surface area contributed by atoms with Crippen LogP contribution >= 0.6 is 0 Å². The fourth-order valence-electron chi connectivity index (χ4n) is 1.72. The van der Waals surface area contributed by atoms with Crippen LogP contribution < -0.4 is 10.0 Å². The molecule has 0 fully saturated rings. The van der Waals surface area contributed by atoms with Crippen LogP contribution in [0.25, 0.3) is 0 Å². The smallest absolute Gasteiger partial charge is 0.337 e. The number of carboxylic acids is 1. The lowest BCUT2D eigenvalue weighted by molar-refractivity contribution is 0.0697. The second-order valence-electron chi connectivity index (χ2n) is 5.71. The van der Waals surface area contributed by atoms with E-state index in [4.69, 9.17) is 0 Å². The maximum Gasteiger partial charge on any atom is 0.337 e. The van der Waals surface area contributed by atoms with Gasteiger partial charge in [-0.25, -0.2) is 17.9 Å². The molecular weight excluding hydrogens is 304 g/mol. The highest BCUT2D eigenvalue weighted by Gasteiger charge is 2.19. The maximum absolute atomic E-state index is 12.2. The minimum atomic E-state index is -3.70. The van der Waals surface area contributed by atoms with Crippen LogP contribution in [0.3, 0.4) is 0 Å². The van der Waals surface area contributed by atoms with E-state index in [1.807, 2.05) is 27.7 Å². The van der Waals surface area contributed by atoms with E-state index >= 15 is 0 Å². The summed E-state index contributed by atoms with van der Waals surface area (Å²) >= 11 is 0. The van der Waals surface area contributed by atoms with Crippen molar-refractivity contribution in [1.82, 2.24) is 4.72 Å². The van der Waals surface area contributed by atoms with Crippen LogP contribution in [0.1, 0.15) is 44.5 Å².